The van der Waals surface area contributed by atoms with Crippen LogP contribution in [0.1, 0.15) is 0 Å². The van der Waals surface area contributed by atoms with Crippen LogP contribution in [-0.4, -0.2) is 39.4 Å². The lowest BCUT2D eigenvalue weighted by atomic mass is 10.0. The molecule has 0 saturated heterocycles. The summed E-state index contributed by atoms with van der Waals surface area (Å²) >= 11 is 0. The molecule has 27 heavy (non-hydrogen) atoms. The number of rotatable bonds is 4. The van der Waals surface area contributed by atoms with Gasteiger partial charge < -0.3 is 15.0 Å². The van der Waals surface area contributed by atoms with Crippen LogP contribution >= 0.6 is 0 Å². The smallest absolute Gasteiger partial charge is 0.462 e. The quantitative estimate of drug-likeness (QED) is 0.482. The van der Waals surface area contributed by atoms with E-state index in [4.69, 9.17) is 0 Å². The first kappa shape index (κ1) is 20.1. The summed E-state index contributed by atoms with van der Waals surface area (Å²) in [5.41, 5.74) is 2.35. The van der Waals surface area contributed by atoms with E-state index >= 15 is 0 Å². The molecule has 0 bridgehead atoms. The van der Waals surface area contributed by atoms with Crippen LogP contribution in [0.4, 0.5) is 30.2 Å². The van der Waals surface area contributed by atoms with Gasteiger partial charge in [-0.1, -0.05) is 12.1 Å². The molecule has 0 aliphatic carbocycles. The molecular weight excluding hydrogens is 363 g/mol. The van der Waals surface area contributed by atoms with E-state index in [1.165, 1.54) is 29.6 Å². The molecular formula is C18H18F3N3O3. The number of esters is 1. The van der Waals surface area contributed by atoms with E-state index < -0.39 is 18.2 Å². The highest BCUT2D eigenvalue weighted by Crippen LogP contribution is 2.33. The van der Waals surface area contributed by atoms with Gasteiger partial charge in [-0.05, 0) is 35.9 Å². The first-order valence-electron chi connectivity index (χ1n) is 7.77. The molecule has 2 aromatic rings. The molecule has 2 N–H and O–H groups in total. The Kier molecular flexibility index (Phi) is 5.94. The number of hydrogen-bond donors (Lipinski definition) is 2. The zero-order chi connectivity index (χ0) is 20.2. The minimum atomic E-state index is -4.52. The van der Waals surface area contributed by atoms with Gasteiger partial charge in [0, 0.05) is 36.7 Å². The molecule has 2 rings (SSSR count). The molecule has 144 valence electrons. The van der Waals surface area contributed by atoms with Gasteiger partial charge in [-0.15, -0.1) is 0 Å². The van der Waals surface area contributed by atoms with Gasteiger partial charge in [-0.25, -0.2) is 4.79 Å². The maximum atomic E-state index is 12.4. The van der Waals surface area contributed by atoms with Crippen molar-refractivity contribution in [2.24, 2.45) is 0 Å². The van der Waals surface area contributed by atoms with E-state index in [-0.39, 0.29) is 5.69 Å². The molecule has 1 amide bonds. The van der Waals surface area contributed by atoms with E-state index in [9.17, 15) is 22.8 Å². The Hall–Kier alpha value is -3.23. The minimum absolute atomic E-state index is 0.0900. The standard InChI is InChI=1S/C18H18F3N3O3/c1-24(2)15-9-8-13(22-16(25)17(26)27-3)10-14(15)11-4-6-12(7-5-11)23-18(19,20)21/h4-10,23H,1-3H3,(H,22,25). The lowest BCUT2D eigenvalue weighted by Crippen LogP contribution is -2.23. The number of anilines is 3. The van der Waals surface area contributed by atoms with Gasteiger partial charge in [0.1, 0.15) is 0 Å². The van der Waals surface area contributed by atoms with Crippen molar-refractivity contribution in [3.63, 3.8) is 0 Å². The first-order valence-corrected chi connectivity index (χ1v) is 7.77. The summed E-state index contributed by atoms with van der Waals surface area (Å²) in [6.45, 7) is 0. The largest absolute Gasteiger partial charge is 0.482 e. The monoisotopic (exact) mass is 381 g/mol. The highest BCUT2D eigenvalue weighted by Gasteiger charge is 2.26. The van der Waals surface area contributed by atoms with Crippen LogP contribution in [0, 0.1) is 0 Å². The van der Waals surface area contributed by atoms with Crippen molar-refractivity contribution < 1.29 is 27.5 Å². The predicted molar refractivity (Wildman–Crippen MR) is 96.5 cm³/mol. The molecule has 0 fully saturated rings. The summed E-state index contributed by atoms with van der Waals surface area (Å²) < 4.78 is 41.6. The van der Waals surface area contributed by atoms with E-state index in [2.05, 4.69) is 10.1 Å². The van der Waals surface area contributed by atoms with E-state index in [0.29, 0.717) is 16.8 Å². The zero-order valence-electron chi connectivity index (χ0n) is 14.8. The lowest BCUT2D eigenvalue weighted by molar-refractivity contribution is -0.150. The number of carbonyl (C=O) groups excluding carboxylic acids is 2. The molecule has 0 aromatic heterocycles. The number of alkyl halides is 3. The van der Waals surface area contributed by atoms with Crippen LogP contribution in [0.3, 0.4) is 0 Å². The third kappa shape index (κ3) is 5.37. The van der Waals surface area contributed by atoms with Gasteiger partial charge in [0.15, 0.2) is 0 Å². The SMILES string of the molecule is COC(=O)C(=O)Nc1ccc(N(C)C)c(-c2ccc(NC(F)(F)F)cc2)c1. The van der Waals surface area contributed by atoms with Crippen LogP contribution in [0.5, 0.6) is 0 Å². The Morgan fingerprint density at radius 1 is 1.00 bits per heavy atom. The van der Waals surface area contributed by atoms with Crippen LogP contribution < -0.4 is 15.5 Å². The molecule has 2 aromatic carbocycles. The van der Waals surface area contributed by atoms with Gasteiger partial charge in [0.25, 0.3) is 0 Å². The fourth-order valence-electron chi connectivity index (χ4n) is 2.41. The summed E-state index contributed by atoms with van der Waals surface area (Å²) in [6, 6.07) is 10.6. The van der Waals surface area contributed by atoms with Crippen molar-refractivity contribution in [2.45, 2.75) is 6.30 Å². The highest BCUT2D eigenvalue weighted by molar-refractivity contribution is 6.37. The number of nitrogens with zero attached hydrogens (tertiary/aromatic N) is 1. The average molecular weight is 381 g/mol. The first-order chi connectivity index (χ1) is 12.6. The normalized spacial score (nSPS) is 10.9. The highest BCUT2D eigenvalue weighted by atomic mass is 19.4. The number of ether oxygens (including phenoxy) is 1. The molecule has 0 radical (unpaired) electrons. The number of nitrogens with one attached hydrogen (secondary N) is 2. The van der Waals surface area contributed by atoms with E-state index in [1.807, 2.05) is 19.0 Å². The van der Waals surface area contributed by atoms with Crippen molar-refractivity contribution in [2.75, 3.05) is 36.7 Å². The van der Waals surface area contributed by atoms with Crippen LogP contribution in [0.15, 0.2) is 42.5 Å². The fourth-order valence-corrected chi connectivity index (χ4v) is 2.41. The maximum absolute atomic E-state index is 12.4. The summed E-state index contributed by atoms with van der Waals surface area (Å²) in [5, 5.41) is 3.85. The molecule has 0 atom stereocenters. The van der Waals surface area contributed by atoms with Crippen molar-refractivity contribution in [3.05, 3.63) is 42.5 Å². The number of hydrogen-bond acceptors (Lipinski definition) is 5. The zero-order valence-corrected chi connectivity index (χ0v) is 14.8. The van der Waals surface area contributed by atoms with Gasteiger partial charge in [0.2, 0.25) is 0 Å². The number of benzene rings is 2. The second-order valence-corrected chi connectivity index (χ2v) is 5.77. The Balaban J connectivity index is 2.37. The van der Waals surface area contributed by atoms with Gasteiger partial charge in [0.05, 0.1) is 7.11 Å². The van der Waals surface area contributed by atoms with Crippen molar-refractivity contribution in [1.29, 1.82) is 0 Å². The minimum Gasteiger partial charge on any atom is -0.462 e. The van der Waals surface area contributed by atoms with Crippen LogP contribution in [-0.2, 0) is 14.3 Å². The Bertz CT molecular complexity index is 834. The second kappa shape index (κ2) is 7.98. The number of methoxy groups -OCH3 is 1. The third-order valence-corrected chi connectivity index (χ3v) is 3.59. The molecule has 0 aliphatic heterocycles. The Morgan fingerprint density at radius 3 is 2.11 bits per heavy atom. The molecule has 0 heterocycles. The van der Waals surface area contributed by atoms with Crippen LogP contribution in [0.2, 0.25) is 0 Å². The summed E-state index contributed by atoms with van der Waals surface area (Å²) in [5.74, 6) is -1.96. The molecule has 0 aliphatic rings. The molecule has 0 unspecified atom stereocenters. The average Bonchev–Trinajstić information content (AvgIpc) is 2.60. The molecule has 9 heteroatoms. The Labute approximate surface area is 153 Å². The molecule has 6 nitrogen and oxygen atoms in total. The lowest BCUT2D eigenvalue weighted by Gasteiger charge is -2.19. The van der Waals surface area contributed by atoms with Gasteiger partial charge in [-0.2, -0.15) is 13.2 Å². The Morgan fingerprint density at radius 2 is 1.59 bits per heavy atom. The predicted octanol–water partition coefficient (Wildman–Crippen LogP) is 3.46. The second-order valence-electron chi connectivity index (χ2n) is 5.77. The third-order valence-electron chi connectivity index (χ3n) is 3.59. The number of amides is 1. The number of halogens is 3. The number of carbonyl (C=O) groups is 2. The topological polar surface area (TPSA) is 70.7 Å². The fraction of sp³-hybridized carbons (Fsp3) is 0.222. The van der Waals surface area contributed by atoms with Gasteiger partial charge in [-0.3, -0.25) is 10.1 Å². The van der Waals surface area contributed by atoms with Crippen LogP contribution in [0.25, 0.3) is 11.1 Å². The van der Waals surface area contributed by atoms with E-state index in [0.717, 1.165) is 12.8 Å². The summed E-state index contributed by atoms with van der Waals surface area (Å²) in [6.07, 6.45) is -4.52. The summed E-state index contributed by atoms with van der Waals surface area (Å²) in [7, 11) is 4.72. The van der Waals surface area contributed by atoms with Crippen molar-refractivity contribution in [1.82, 2.24) is 0 Å². The van der Waals surface area contributed by atoms with E-state index in [1.54, 1.807) is 18.2 Å². The maximum Gasteiger partial charge on any atom is 0.482 e. The summed E-state index contributed by atoms with van der Waals surface area (Å²) in [4.78, 5) is 24.8. The van der Waals surface area contributed by atoms with Crippen molar-refractivity contribution >= 4 is 28.9 Å². The van der Waals surface area contributed by atoms with Gasteiger partial charge >= 0.3 is 18.2 Å². The van der Waals surface area contributed by atoms with Crippen molar-refractivity contribution in [3.8, 4) is 11.1 Å². The molecule has 0 saturated carbocycles. The molecule has 0 spiro atoms.